The van der Waals surface area contributed by atoms with E-state index in [2.05, 4.69) is 10.0 Å². The highest BCUT2D eigenvalue weighted by Crippen LogP contribution is 2.16. The molecule has 10 heteroatoms. The summed E-state index contributed by atoms with van der Waals surface area (Å²) >= 11 is 0. The summed E-state index contributed by atoms with van der Waals surface area (Å²) in [5.41, 5.74) is 7.82. The fourth-order valence-electron chi connectivity index (χ4n) is 3.51. The normalized spacial score (nSPS) is 13.1. The van der Waals surface area contributed by atoms with E-state index in [9.17, 15) is 27.5 Å². The highest BCUT2D eigenvalue weighted by Gasteiger charge is 2.30. The van der Waals surface area contributed by atoms with Crippen LogP contribution in [0.4, 0.5) is 10.1 Å². The number of anilines is 1. The first kappa shape index (κ1) is 25.9. The maximum Gasteiger partial charge on any atom is 0.326 e. The number of aryl methyl sites for hydroxylation is 1. The summed E-state index contributed by atoms with van der Waals surface area (Å²) in [4.78, 5) is 25.0. The topological polar surface area (TPSA) is 139 Å². The summed E-state index contributed by atoms with van der Waals surface area (Å²) in [6, 6.07) is 15.4. The van der Waals surface area contributed by atoms with Crippen molar-refractivity contribution in [1.82, 2.24) is 10.0 Å². The van der Waals surface area contributed by atoms with Crippen LogP contribution < -0.4 is 15.8 Å². The number of halogens is 1. The van der Waals surface area contributed by atoms with Crippen LogP contribution in [-0.2, 0) is 32.5 Å². The van der Waals surface area contributed by atoms with Gasteiger partial charge < -0.3 is 16.2 Å². The molecule has 0 saturated carbocycles. The molecule has 1 amide bonds. The van der Waals surface area contributed by atoms with Crippen molar-refractivity contribution in [2.75, 3.05) is 5.73 Å². The Hall–Kier alpha value is -3.76. The quantitative estimate of drug-likeness (QED) is 0.316. The predicted molar refractivity (Wildman–Crippen MR) is 130 cm³/mol. The Morgan fingerprint density at radius 2 is 1.46 bits per heavy atom. The second-order valence-corrected chi connectivity index (χ2v) is 9.80. The third-order valence-corrected chi connectivity index (χ3v) is 7.02. The smallest absolute Gasteiger partial charge is 0.326 e. The average Bonchev–Trinajstić information content (AvgIpc) is 2.81. The molecule has 0 radical (unpaired) electrons. The van der Waals surface area contributed by atoms with Crippen LogP contribution in [0.3, 0.4) is 0 Å². The van der Waals surface area contributed by atoms with Gasteiger partial charge in [0.15, 0.2) is 0 Å². The van der Waals surface area contributed by atoms with Gasteiger partial charge in [0.05, 0.1) is 4.90 Å². The third kappa shape index (κ3) is 7.11. The van der Waals surface area contributed by atoms with E-state index in [1.165, 1.54) is 30.3 Å². The van der Waals surface area contributed by atoms with Crippen molar-refractivity contribution < 1.29 is 27.5 Å². The van der Waals surface area contributed by atoms with Gasteiger partial charge in [-0.3, -0.25) is 4.79 Å². The molecule has 0 spiro atoms. The number of nitrogen functional groups attached to an aromatic ring is 1. The fraction of sp³-hybridized carbons (Fsp3) is 0.200. The molecule has 0 aliphatic heterocycles. The van der Waals surface area contributed by atoms with Crippen LogP contribution in [0.2, 0.25) is 0 Å². The summed E-state index contributed by atoms with van der Waals surface area (Å²) in [6.07, 6.45) is -0.152. The highest BCUT2D eigenvalue weighted by molar-refractivity contribution is 7.89. The van der Waals surface area contributed by atoms with E-state index in [0.717, 1.165) is 0 Å². The Kier molecular flexibility index (Phi) is 8.21. The van der Waals surface area contributed by atoms with Crippen LogP contribution >= 0.6 is 0 Å². The number of aliphatic carboxylic acids is 1. The molecule has 0 bridgehead atoms. The van der Waals surface area contributed by atoms with E-state index in [4.69, 9.17) is 5.73 Å². The van der Waals surface area contributed by atoms with E-state index in [-0.39, 0.29) is 17.7 Å². The molecule has 0 aliphatic carbocycles. The minimum Gasteiger partial charge on any atom is -0.480 e. The van der Waals surface area contributed by atoms with E-state index >= 15 is 0 Å². The third-order valence-electron chi connectivity index (χ3n) is 5.38. The maximum absolute atomic E-state index is 13.2. The Morgan fingerprint density at radius 1 is 0.914 bits per heavy atom. The first-order chi connectivity index (χ1) is 16.5. The van der Waals surface area contributed by atoms with Crippen LogP contribution in [0.15, 0.2) is 77.7 Å². The maximum atomic E-state index is 13.2. The molecule has 3 aromatic carbocycles. The number of hydrogen-bond acceptors (Lipinski definition) is 5. The zero-order valence-corrected chi connectivity index (χ0v) is 19.8. The summed E-state index contributed by atoms with van der Waals surface area (Å²) in [6.45, 7) is 1.63. The number of carbonyl (C=O) groups excluding carboxylic acids is 1. The standard InChI is InChI=1S/C25H26FN3O5S/c1-16-4-2-3-5-23(16)35(33,34)29-21(14-18-8-12-20(27)13-9-18)24(30)28-22(25(31)32)15-17-6-10-19(26)11-7-17/h2-13,21-22,29H,14-15,27H2,1H3,(H,28,30)(H,31,32)/t21-,22-/m0/s1. The second-order valence-electron chi connectivity index (χ2n) is 8.12. The number of hydrogen-bond donors (Lipinski definition) is 4. The molecule has 0 unspecified atom stereocenters. The van der Waals surface area contributed by atoms with Gasteiger partial charge in [0.25, 0.3) is 0 Å². The molecule has 0 aliphatic rings. The lowest BCUT2D eigenvalue weighted by Crippen LogP contribution is -2.53. The number of sulfonamides is 1. The zero-order valence-electron chi connectivity index (χ0n) is 18.9. The van der Waals surface area contributed by atoms with Crippen molar-refractivity contribution in [3.63, 3.8) is 0 Å². The van der Waals surface area contributed by atoms with Crippen molar-refractivity contribution in [2.45, 2.75) is 36.7 Å². The van der Waals surface area contributed by atoms with E-state index < -0.39 is 39.8 Å². The van der Waals surface area contributed by atoms with Crippen LogP contribution in [0.1, 0.15) is 16.7 Å². The largest absolute Gasteiger partial charge is 0.480 e. The lowest BCUT2D eigenvalue weighted by Gasteiger charge is -2.22. The van der Waals surface area contributed by atoms with Gasteiger partial charge in [0, 0.05) is 12.1 Å². The molecule has 0 saturated heterocycles. The van der Waals surface area contributed by atoms with E-state index in [1.54, 1.807) is 49.4 Å². The fourth-order valence-corrected chi connectivity index (χ4v) is 4.96. The van der Waals surface area contributed by atoms with Gasteiger partial charge in [0.2, 0.25) is 15.9 Å². The van der Waals surface area contributed by atoms with Crippen molar-refractivity contribution in [3.05, 3.63) is 95.3 Å². The monoisotopic (exact) mass is 499 g/mol. The van der Waals surface area contributed by atoms with Crippen LogP contribution in [0.25, 0.3) is 0 Å². The number of nitrogens with one attached hydrogen (secondary N) is 2. The average molecular weight is 500 g/mol. The number of carboxylic acids is 1. The first-order valence-electron chi connectivity index (χ1n) is 10.7. The Balaban J connectivity index is 1.86. The highest BCUT2D eigenvalue weighted by atomic mass is 32.2. The van der Waals surface area contributed by atoms with Gasteiger partial charge in [-0.1, -0.05) is 42.5 Å². The number of rotatable bonds is 10. The predicted octanol–water partition coefficient (Wildman–Crippen LogP) is 2.42. The molecule has 0 aromatic heterocycles. The zero-order chi connectivity index (χ0) is 25.6. The van der Waals surface area contributed by atoms with Crippen molar-refractivity contribution in [2.24, 2.45) is 0 Å². The van der Waals surface area contributed by atoms with E-state index in [1.807, 2.05) is 0 Å². The van der Waals surface area contributed by atoms with E-state index in [0.29, 0.717) is 22.4 Å². The lowest BCUT2D eigenvalue weighted by molar-refractivity contribution is -0.142. The molecular weight excluding hydrogens is 473 g/mol. The van der Waals surface area contributed by atoms with Crippen molar-refractivity contribution in [3.8, 4) is 0 Å². The molecule has 35 heavy (non-hydrogen) atoms. The number of carboxylic acid groups (broad SMARTS) is 1. The Labute approximate surface area is 203 Å². The van der Waals surface area contributed by atoms with Gasteiger partial charge >= 0.3 is 5.97 Å². The molecule has 184 valence electrons. The van der Waals surface area contributed by atoms with Crippen LogP contribution in [-0.4, -0.2) is 37.5 Å². The number of amides is 1. The van der Waals surface area contributed by atoms with Gasteiger partial charge in [-0.25, -0.2) is 17.6 Å². The van der Waals surface area contributed by atoms with Gasteiger partial charge in [-0.05, 0) is 60.4 Å². The first-order valence-corrected chi connectivity index (χ1v) is 12.2. The second kappa shape index (κ2) is 11.1. The molecule has 2 atom stereocenters. The number of benzene rings is 3. The van der Waals surface area contributed by atoms with Crippen LogP contribution in [0.5, 0.6) is 0 Å². The van der Waals surface area contributed by atoms with Crippen molar-refractivity contribution in [1.29, 1.82) is 0 Å². The molecule has 3 aromatic rings. The molecule has 3 rings (SSSR count). The Morgan fingerprint density at radius 3 is 2.03 bits per heavy atom. The molecule has 5 N–H and O–H groups in total. The minimum absolute atomic E-state index is 0.0104. The minimum atomic E-state index is -4.11. The summed E-state index contributed by atoms with van der Waals surface area (Å²) < 4.78 is 41.8. The van der Waals surface area contributed by atoms with Gasteiger partial charge in [0.1, 0.15) is 17.9 Å². The number of nitrogens with two attached hydrogens (primary N) is 1. The summed E-state index contributed by atoms with van der Waals surface area (Å²) in [5.74, 6) is -2.59. The van der Waals surface area contributed by atoms with Crippen LogP contribution in [0, 0.1) is 12.7 Å². The van der Waals surface area contributed by atoms with Crippen molar-refractivity contribution >= 4 is 27.6 Å². The molecular formula is C25H26FN3O5S. The SMILES string of the molecule is Cc1ccccc1S(=O)(=O)N[C@@H](Cc1ccc(N)cc1)C(=O)N[C@@H](Cc1ccc(F)cc1)C(=O)O. The van der Waals surface area contributed by atoms with Gasteiger partial charge in [-0.15, -0.1) is 0 Å². The molecule has 0 heterocycles. The summed E-state index contributed by atoms with van der Waals surface area (Å²) in [7, 11) is -4.11. The number of carbonyl (C=O) groups is 2. The molecule has 0 fully saturated rings. The van der Waals surface area contributed by atoms with Gasteiger partial charge in [-0.2, -0.15) is 4.72 Å². The molecule has 8 nitrogen and oxygen atoms in total. The Bertz CT molecular complexity index is 1300. The lowest BCUT2D eigenvalue weighted by atomic mass is 10.0. The summed E-state index contributed by atoms with van der Waals surface area (Å²) in [5, 5.41) is 12.1.